The third kappa shape index (κ3) is 1.80. The van der Waals surface area contributed by atoms with E-state index < -0.39 is 5.60 Å². The number of ketones is 1. The number of allylic oxidation sites excluding steroid dienone is 1. The van der Waals surface area contributed by atoms with Crippen LogP contribution in [-0.4, -0.2) is 5.78 Å². The molecule has 2 rings (SSSR count). The summed E-state index contributed by atoms with van der Waals surface area (Å²) in [6.45, 7) is 3.99. The second kappa shape index (κ2) is 3.54. The van der Waals surface area contributed by atoms with Gasteiger partial charge in [-0.05, 0) is 25.0 Å². The monoisotopic (exact) mass is 202 g/mol. The standard InChI is InChI=1S/C13H14O2/c1-10-5-3-4-6-12(10)13(2)9-11(14)7-8-15-13/h3-8H,9H2,1-2H3. The van der Waals surface area contributed by atoms with Crippen LogP contribution in [0.3, 0.4) is 0 Å². The van der Waals surface area contributed by atoms with E-state index in [0.29, 0.717) is 6.42 Å². The lowest BCUT2D eigenvalue weighted by molar-refractivity contribution is -0.122. The van der Waals surface area contributed by atoms with Crippen LogP contribution < -0.4 is 0 Å². The van der Waals surface area contributed by atoms with Gasteiger partial charge in [0.25, 0.3) is 0 Å². The van der Waals surface area contributed by atoms with Crippen LogP contribution in [0.2, 0.25) is 0 Å². The highest BCUT2D eigenvalue weighted by molar-refractivity contribution is 5.91. The van der Waals surface area contributed by atoms with E-state index in [1.807, 2.05) is 38.1 Å². The van der Waals surface area contributed by atoms with E-state index >= 15 is 0 Å². The number of hydrogen-bond acceptors (Lipinski definition) is 2. The average molecular weight is 202 g/mol. The van der Waals surface area contributed by atoms with Gasteiger partial charge in [-0.2, -0.15) is 0 Å². The number of carbonyl (C=O) groups is 1. The largest absolute Gasteiger partial charge is 0.490 e. The van der Waals surface area contributed by atoms with Gasteiger partial charge >= 0.3 is 0 Å². The van der Waals surface area contributed by atoms with Gasteiger partial charge in [0, 0.05) is 6.08 Å². The quantitative estimate of drug-likeness (QED) is 0.700. The van der Waals surface area contributed by atoms with Crippen molar-refractivity contribution in [2.24, 2.45) is 0 Å². The molecule has 1 heterocycles. The smallest absolute Gasteiger partial charge is 0.163 e. The number of benzene rings is 1. The van der Waals surface area contributed by atoms with Gasteiger partial charge in [0.1, 0.15) is 5.60 Å². The predicted octanol–water partition coefficient (Wildman–Crippen LogP) is 2.71. The van der Waals surface area contributed by atoms with Crippen molar-refractivity contribution in [2.75, 3.05) is 0 Å². The third-order valence-electron chi connectivity index (χ3n) is 2.81. The van der Waals surface area contributed by atoms with Crippen molar-refractivity contribution >= 4 is 5.78 Å². The minimum absolute atomic E-state index is 0.118. The molecular formula is C13H14O2. The Labute approximate surface area is 89.6 Å². The van der Waals surface area contributed by atoms with Crippen LogP contribution >= 0.6 is 0 Å². The summed E-state index contributed by atoms with van der Waals surface area (Å²) in [6.07, 6.45) is 3.40. The Morgan fingerprint density at radius 2 is 2.07 bits per heavy atom. The first-order valence-corrected chi connectivity index (χ1v) is 5.05. The molecule has 0 spiro atoms. The number of rotatable bonds is 1. The zero-order valence-corrected chi connectivity index (χ0v) is 8.99. The van der Waals surface area contributed by atoms with E-state index in [0.717, 1.165) is 11.1 Å². The lowest BCUT2D eigenvalue weighted by Crippen LogP contribution is -2.30. The fourth-order valence-corrected chi connectivity index (χ4v) is 2.02. The van der Waals surface area contributed by atoms with E-state index in [1.54, 1.807) is 0 Å². The zero-order valence-electron chi connectivity index (χ0n) is 8.99. The number of aryl methyl sites for hydroxylation is 1. The van der Waals surface area contributed by atoms with Crippen LogP contribution in [0.25, 0.3) is 0 Å². The van der Waals surface area contributed by atoms with Gasteiger partial charge in [-0.3, -0.25) is 4.79 Å². The lowest BCUT2D eigenvalue weighted by Gasteiger charge is -2.32. The molecule has 0 bridgehead atoms. The van der Waals surface area contributed by atoms with E-state index in [2.05, 4.69) is 0 Å². The van der Waals surface area contributed by atoms with Crippen LogP contribution in [0.5, 0.6) is 0 Å². The zero-order chi connectivity index (χ0) is 10.9. The van der Waals surface area contributed by atoms with Gasteiger partial charge in [0.05, 0.1) is 12.7 Å². The summed E-state index contributed by atoms with van der Waals surface area (Å²) in [7, 11) is 0. The molecule has 0 fully saturated rings. The normalized spacial score (nSPS) is 25.1. The molecule has 78 valence electrons. The van der Waals surface area contributed by atoms with Crippen molar-refractivity contribution in [3.05, 3.63) is 47.7 Å². The molecular weight excluding hydrogens is 188 g/mol. The van der Waals surface area contributed by atoms with Crippen LogP contribution in [0, 0.1) is 6.92 Å². The number of ether oxygens (including phenoxy) is 1. The summed E-state index contributed by atoms with van der Waals surface area (Å²) >= 11 is 0. The van der Waals surface area contributed by atoms with Gasteiger partial charge in [-0.15, -0.1) is 0 Å². The van der Waals surface area contributed by atoms with Crippen LogP contribution in [-0.2, 0) is 15.1 Å². The Bertz CT molecular complexity index is 420. The second-order valence-corrected chi connectivity index (χ2v) is 4.11. The predicted molar refractivity (Wildman–Crippen MR) is 58.4 cm³/mol. The molecule has 0 aliphatic carbocycles. The molecule has 1 atom stereocenters. The van der Waals surface area contributed by atoms with Crippen molar-refractivity contribution in [1.82, 2.24) is 0 Å². The Morgan fingerprint density at radius 1 is 1.33 bits per heavy atom. The molecule has 1 aromatic carbocycles. The van der Waals surface area contributed by atoms with E-state index in [-0.39, 0.29) is 5.78 Å². The summed E-state index contributed by atoms with van der Waals surface area (Å²) in [5.41, 5.74) is 1.74. The maximum absolute atomic E-state index is 11.4. The average Bonchev–Trinajstić information content (AvgIpc) is 2.17. The summed E-state index contributed by atoms with van der Waals surface area (Å²) in [5, 5.41) is 0. The molecule has 1 unspecified atom stereocenters. The third-order valence-corrected chi connectivity index (χ3v) is 2.81. The lowest BCUT2D eigenvalue weighted by atomic mass is 9.86. The minimum atomic E-state index is -0.503. The molecule has 2 nitrogen and oxygen atoms in total. The summed E-state index contributed by atoms with van der Waals surface area (Å²) in [4.78, 5) is 11.4. The Hall–Kier alpha value is -1.57. The van der Waals surface area contributed by atoms with Crippen LogP contribution in [0.15, 0.2) is 36.6 Å². The highest BCUT2D eigenvalue weighted by Crippen LogP contribution is 2.34. The molecule has 0 aromatic heterocycles. The molecule has 1 aliphatic rings. The summed E-state index contributed by atoms with van der Waals surface area (Å²) in [5.74, 6) is 0.118. The summed E-state index contributed by atoms with van der Waals surface area (Å²) in [6, 6.07) is 8.01. The van der Waals surface area contributed by atoms with Crippen molar-refractivity contribution < 1.29 is 9.53 Å². The van der Waals surface area contributed by atoms with Crippen molar-refractivity contribution in [3.8, 4) is 0 Å². The molecule has 2 heteroatoms. The van der Waals surface area contributed by atoms with Gasteiger partial charge in [-0.1, -0.05) is 24.3 Å². The van der Waals surface area contributed by atoms with Crippen LogP contribution in [0.4, 0.5) is 0 Å². The van der Waals surface area contributed by atoms with E-state index in [9.17, 15) is 4.79 Å². The molecule has 0 saturated heterocycles. The topological polar surface area (TPSA) is 26.3 Å². The van der Waals surface area contributed by atoms with Crippen molar-refractivity contribution in [1.29, 1.82) is 0 Å². The Kier molecular flexibility index (Phi) is 2.35. The summed E-state index contributed by atoms with van der Waals surface area (Å²) < 4.78 is 5.60. The highest BCUT2D eigenvalue weighted by atomic mass is 16.5. The van der Waals surface area contributed by atoms with Gasteiger partial charge in [-0.25, -0.2) is 0 Å². The van der Waals surface area contributed by atoms with Gasteiger partial charge < -0.3 is 4.74 Å². The first-order valence-electron chi connectivity index (χ1n) is 5.05. The molecule has 1 aliphatic heterocycles. The maximum atomic E-state index is 11.4. The van der Waals surface area contributed by atoms with Crippen molar-refractivity contribution in [2.45, 2.75) is 25.9 Å². The molecule has 0 N–H and O–H groups in total. The van der Waals surface area contributed by atoms with E-state index in [1.165, 1.54) is 12.3 Å². The Balaban J connectivity index is 2.42. The fraction of sp³-hybridized carbons (Fsp3) is 0.308. The SMILES string of the molecule is Cc1ccccc1C1(C)CC(=O)C=CO1. The number of carbonyl (C=O) groups excluding carboxylic acids is 1. The first kappa shape index (κ1) is 9.97. The molecule has 0 radical (unpaired) electrons. The van der Waals surface area contributed by atoms with Crippen molar-refractivity contribution in [3.63, 3.8) is 0 Å². The highest BCUT2D eigenvalue weighted by Gasteiger charge is 2.33. The van der Waals surface area contributed by atoms with Crippen LogP contribution in [0.1, 0.15) is 24.5 Å². The molecule has 0 amide bonds. The molecule has 1 aromatic rings. The second-order valence-electron chi connectivity index (χ2n) is 4.11. The Morgan fingerprint density at radius 3 is 2.73 bits per heavy atom. The van der Waals surface area contributed by atoms with Gasteiger partial charge in [0.2, 0.25) is 0 Å². The number of hydrogen-bond donors (Lipinski definition) is 0. The minimum Gasteiger partial charge on any atom is -0.490 e. The molecule has 15 heavy (non-hydrogen) atoms. The molecule has 0 saturated carbocycles. The maximum Gasteiger partial charge on any atom is 0.163 e. The van der Waals surface area contributed by atoms with E-state index in [4.69, 9.17) is 4.74 Å². The van der Waals surface area contributed by atoms with Gasteiger partial charge in [0.15, 0.2) is 5.78 Å². The first-order chi connectivity index (χ1) is 7.12. The fourth-order valence-electron chi connectivity index (χ4n) is 2.02.